The van der Waals surface area contributed by atoms with Gasteiger partial charge in [0, 0.05) is 0 Å². The zero-order valence-electron chi connectivity index (χ0n) is 5.52. The first-order valence-corrected chi connectivity index (χ1v) is 3.59. The van der Waals surface area contributed by atoms with Gasteiger partial charge in [0.1, 0.15) is 0 Å². The van der Waals surface area contributed by atoms with E-state index in [-0.39, 0.29) is 0 Å². The summed E-state index contributed by atoms with van der Waals surface area (Å²) in [6.45, 7) is 0. The summed E-state index contributed by atoms with van der Waals surface area (Å²) in [5.74, 6) is 0. The first-order valence-electron chi connectivity index (χ1n) is 2.49. The van der Waals surface area contributed by atoms with Crippen LogP contribution in [0.2, 0.25) is 0 Å². The van der Waals surface area contributed by atoms with Crippen LogP contribution in [0.1, 0.15) is 0 Å². The number of thiol groups is 1. The number of halogens is 6. The van der Waals surface area contributed by atoms with Crippen molar-refractivity contribution in [3.63, 3.8) is 0 Å². The average molecular weight is 232 g/mol. The van der Waals surface area contributed by atoms with Crippen molar-refractivity contribution >= 4 is 11.0 Å². The Bertz CT molecular complexity index is 216. The van der Waals surface area contributed by atoms with Crippen LogP contribution in [-0.4, -0.2) is 26.9 Å². The highest BCUT2D eigenvalue weighted by atomic mass is 32.2. The summed E-state index contributed by atoms with van der Waals surface area (Å²) in [4.78, 5) is 0. The highest BCUT2D eigenvalue weighted by molar-refractivity contribution is 7.67. The van der Waals surface area contributed by atoms with Gasteiger partial charge in [-0.05, 0) is 0 Å². The van der Waals surface area contributed by atoms with Crippen LogP contribution < -0.4 is 0 Å². The standard InChI is InChI=1S/C3H2F6O3S/c4-2(5,6)1(3(7,8)9)12-13(10)11/h1,13H. The average Bonchev–Trinajstić information content (AvgIpc) is 1.77. The molecule has 0 unspecified atom stereocenters. The maximum atomic E-state index is 11.5. The van der Waals surface area contributed by atoms with Gasteiger partial charge in [0.2, 0.25) is 0 Å². The fourth-order valence-electron chi connectivity index (χ4n) is 0.391. The van der Waals surface area contributed by atoms with Crippen LogP contribution >= 0.6 is 0 Å². The number of hydrogen-bond donors (Lipinski definition) is 1. The third-order valence-corrected chi connectivity index (χ3v) is 1.17. The van der Waals surface area contributed by atoms with Gasteiger partial charge < -0.3 is 0 Å². The summed E-state index contributed by atoms with van der Waals surface area (Å²) in [6, 6.07) is 0. The van der Waals surface area contributed by atoms with Crippen LogP contribution in [0.25, 0.3) is 0 Å². The van der Waals surface area contributed by atoms with Gasteiger partial charge in [-0.1, -0.05) is 0 Å². The molecule has 0 aliphatic carbocycles. The molecule has 0 atom stereocenters. The second-order valence-electron chi connectivity index (χ2n) is 1.79. The molecule has 0 saturated carbocycles. The molecule has 80 valence electrons. The van der Waals surface area contributed by atoms with Crippen molar-refractivity contribution in [1.29, 1.82) is 0 Å². The Balaban J connectivity index is 4.78. The van der Waals surface area contributed by atoms with Crippen LogP contribution in [0, 0.1) is 0 Å². The lowest BCUT2D eigenvalue weighted by Crippen LogP contribution is -2.44. The van der Waals surface area contributed by atoms with Crippen molar-refractivity contribution in [2.24, 2.45) is 0 Å². The third-order valence-electron chi connectivity index (χ3n) is 0.786. The summed E-state index contributed by atoms with van der Waals surface area (Å²) in [7, 11) is -4.21. The molecule has 0 fully saturated rings. The Morgan fingerprint density at radius 3 is 1.31 bits per heavy atom. The molecule has 0 aromatic heterocycles. The Labute approximate surface area is 69.4 Å². The van der Waals surface area contributed by atoms with Crippen LogP contribution in [-0.2, 0) is 15.2 Å². The normalized spacial score (nSPS) is 14.2. The van der Waals surface area contributed by atoms with Gasteiger partial charge in [-0.15, -0.1) is 0 Å². The van der Waals surface area contributed by atoms with E-state index in [2.05, 4.69) is 4.18 Å². The minimum atomic E-state index is -5.80. The molecule has 0 radical (unpaired) electrons. The summed E-state index contributed by atoms with van der Waals surface area (Å²) < 4.78 is 90.5. The van der Waals surface area contributed by atoms with E-state index < -0.39 is 29.4 Å². The van der Waals surface area contributed by atoms with Gasteiger partial charge in [-0.3, -0.25) is 0 Å². The summed E-state index contributed by atoms with van der Waals surface area (Å²) in [5.41, 5.74) is 0. The lowest BCUT2D eigenvalue weighted by molar-refractivity contribution is -0.298. The third kappa shape index (κ3) is 4.31. The summed E-state index contributed by atoms with van der Waals surface area (Å²) in [5, 5.41) is 0. The van der Waals surface area contributed by atoms with Crippen molar-refractivity contribution in [3.05, 3.63) is 0 Å². The Hall–Kier alpha value is -0.510. The molecule has 10 heteroatoms. The number of hydrogen-bond acceptors (Lipinski definition) is 3. The second kappa shape index (κ2) is 3.70. The molecule has 0 amide bonds. The molecule has 13 heavy (non-hydrogen) atoms. The predicted octanol–water partition coefficient (Wildman–Crippen LogP) is 1.02. The lowest BCUT2D eigenvalue weighted by Gasteiger charge is -2.19. The Morgan fingerprint density at radius 2 is 1.23 bits per heavy atom. The molecule has 0 spiro atoms. The first-order chi connectivity index (χ1) is 5.55. The van der Waals surface area contributed by atoms with Gasteiger partial charge in [-0.2, -0.15) is 26.3 Å². The molecule has 0 aliphatic rings. The fraction of sp³-hybridized carbons (Fsp3) is 1.00. The molecule has 0 aromatic carbocycles. The molecule has 0 N–H and O–H groups in total. The molecule has 0 aliphatic heterocycles. The maximum Gasteiger partial charge on any atom is 0.425 e. The van der Waals surface area contributed by atoms with Gasteiger partial charge >= 0.3 is 12.4 Å². The zero-order chi connectivity index (χ0) is 10.9. The van der Waals surface area contributed by atoms with E-state index in [1.807, 2.05) is 0 Å². The van der Waals surface area contributed by atoms with Gasteiger partial charge in [-0.25, -0.2) is 12.6 Å². The minimum absolute atomic E-state index is 2.68. The smallest absolute Gasteiger partial charge is 0.249 e. The quantitative estimate of drug-likeness (QED) is 0.571. The van der Waals surface area contributed by atoms with Crippen LogP contribution in [0.5, 0.6) is 0 Å². The highest BCUT2D eigenvalue weighted by Crippen LogP contribution is 2.35. The topological polar surface area (TPSA) is 43.4 Å². The van der Waals surface area contributed by atoms with Crippen LogP contribution in [0.15, 0.2) is 0 Å². The van der Waals surface area contributed by atoms with Gasteiger partial charge in [0.15, 0.2) is 0 Å². The predicted molar refractivity (Wildman–Crippen MR) is 27.3 cm³/mol. The molecule has 0 aromatic rings. The first kappa shape index (κ1) is 12.5. The second-order valence-corrected chi connectivity index (χ2v) is 2.45. The Kier molecular flexibility index (Phi) is 3.55. The largest absolute Gasteiger partial charge is 0.425 e. The number of alkyl halides is 6. The molecule has 0 saturated heterocycles. The molecular formula is C3H2F6O3S. The van der Waals surface area contributed by atoms with Crippen molar-refractivity contribution in [3.8, 4) is 0 Å². The van der Waals surface area contributed by atoms with Crippen LogP contribution in [0.4, 0.5) is 26.3 Å². The van der Waals surface area contributed by atoms with E-state index in [1.54, 1.807) is 0 Å². The maximum absolute atomic E-state index is 11.5. The van der Waals surface area contributed by atoms with E-state index in [0.29, 0.717) is 0 Å². The molecular weight excluding hydrogens is 230 g/mol. The fourth-order valence-corrected chi connectivity index (χ4v) is 0.802. The van der Waals surface area contributed by atoms with Crippen molar-refractivity contribution in [2.75, 3.05) is 0 Å². The molecule has 0 heterocycles. The van der Waals surface area contributed by atoms with E-state index in [1.165, 1.54) is 0 Å². The van der Waals surface area contributed by atoms with E-state index >= 15 is 0 Å². The van der Waals surface area contributed by atoms with Crippen molar-refractivity contribution < 1.29 is 38.9 Å². The molecule has 0 bridgehead atoms. The zero-order valence-corrected chi connectivity index (χ0v) is 6.41. The minimum Gasteiger partial charge on any atom is -0.249 e. The van der Waals surface area contributed by atoms with Gasteiger partial charge in [0.25, 0.3) is 17.1 Å². The SMILES string of the molecule is O=[SH](=O)OC(C(F)(F)F)C(F)(F)F. The van der Waals surface area contributed by atoms with Gasteiger partial charge in [0.05, 0.1) is 0 Å². The summed E-state index contributed by atoms with van der Waals surface area (Å²) in [6.07, 6.45) is -15.9. The highest BCUT2D eigenvalue weighted by Gasteiger charge is 2.58. The van der Waals surface area contributed by atoms with E-state index in [4.69, 9.17) is 0 Å². The number of rotatable bonds is 2. The van der Waals surface area contributed by atoms with E-state index in [0.717, 1.165) is 0 Å². The monoisotopic (exact) mass is 232 g/mol. The molecule has 3 nitrogen and oxygen atoms in total. The lowest BCUT2D eigenvalue weighted by atomic mass is 10.3. The molecule has 0 rings (SSSR count). The van der Waals surface area contributed by atoms with Crippen molar-refractivity contribution in [1.82, 2.24) is 0 Å². The van der Waals surface area contributed by atoms with Crippen LogP contribution in [0.3, 0.4) is 0 Å². The Morgan fingerprint density at radius 1 is 0.923 bits per heavy atom. The van der Waals surface area contributed by atoms with E-state index in [9.17, 15) is 34.8 Å². The summed E-state index contributed by atoms with van der Waals surface area (Å²) >= 11 is 0. The van der Waals surface area contributed by atoms with Crippen molar-refractivity contribution in [2.45, 2.75) is 18.5 Å².